The van der Waals surface area contributed by atoms with Gasteiger partial charge in [-0.2, -0.15) is 14.6 Å². The second kappa shape index (κ2) is 7.77. The Hall–Kier alpha value is -3.03. The van der Waals surface area contributed by atoms with Crippen molar-refractivity contribution >= 4 is 23.2 Å². The third-order valence-electron chi connectivity index (χ3n) is 5.61. The molecule has 1 aliphatic rings. The number of amides is 1. The number of aryl methyl sites for hydroxylation is 2. The number of fused-ring (bicyclic) bond motifs is 1. The van der Waals surface area contributed by atoms with E-state index in [1.54, 1.807) is 10.6 Å². The molecule has 1 aromatic carbocycles. The van der Waals surface area contributed by atoms with Crippen LogP contribution in [0.15, 0.2) is 24.5 Å². The molecule has 1 saturated heterocycles. The predicted octanol–water partition coefficient (Wildman–Crippen LogP) is 3.30. The number of hydrogen-bond acceptors (Lipinski definition) is 5. The van der Waals surface area contributed by atoms with E-state index >= 15 is 0 Å². The molecule has 2 aromatic heterocycles. The van der Waals surface area contributed by atoms with Crippen LogP contribution in [0.1, 0.15) is 36.6 Å². The number of carbonyl (C=O) groups excluding carboxylic acids is 1. The van der Waals surface area contributed by atoms with Crippen LogP contribution in [0.4, 0.5) is 15.9 Å². The maximum Gasteiger partial charge on any atom is 0.254 e. The normalized spacial score (nSPS) is 17.0. The Kier molecular flexibility index (Phi) is 5.17. The van der Waals surface area contributed by atoms with Crippen molar-refractivity contribution in [3.8, 4) is 0 Å². The Morgan fingerprint density at radius 3 is 2.97 bits per heavy atom. The summed E-state index contributed by atoms with van der Waals surface area (Å²) in [5, 5.41) is 7.27. The van der Waals surface area contributed by atoms with Gasteiger partial charge in [0, 0.05) is 30.0 Å². The summed E-state index contributed by atoms with van der Waals surface area (Å²) in [6, 6.07) is 4.44. The highest BCUT2D eigenvalue weighted by Gasteiger charge is 2.29. The van der Waals surface area contributed by atoms with E-state index in [0.29, 0.717) is 18.0 Å². The van der Waals surface area contributed by atoms with E-state index < -0.39 is 0 Å². The summed E-state index contributed by atoms with van der Waals surface area (Å²) >= 11 is 0. The van der Waals surface area contributed by atoms with Gasteiger partial charge in [-0.3, -0.25) is 4.79 Å². The first-order valence-corrected chi connectivity index (χ1v) is 9.99. The number of halogens is 1. The SMILES string of the molecule is CCc1c(C)nc2ncnn2c1N1CCC[C@@H](C(=O)Nc2cc(F)ccc2C)C1. The summed E-state index contributed by atoms with van der Waals surface area (Å²) in [5.74, 6) is 0.901. The highest BCUT2D eigenvalue weighted by molar-refractivity contribution is 5.93. The lowest BCUT2D eigenvalue weighted by Gasteiger charge is -2.35. The van der Waals surface area contributed by atoms with E-state index in [4.69, 9.17) is 0 Å². The quantitative estimate of drug-likeness (QED) is 0.732. The summed E-state index contributed by atoms with van der Waals surface area (Å²) in [4.78, 5) is 23.9. The maximum atomic E-state index is 13.6. The molecular formula is C21H25FN6O. The van der Waals surface area contributed by atoms with Gasteiger partial charge in [0.2, 0.25) is 5.91 Å². The Balaban J connectivity index is 1.61. The molecule has 1 amide bonds. The van der Waals surface area contributed by atoms with Crippen LogP contribution in [-0.2, 0) is 11.2 Å². The number of anilines is 2. The van der Waals surface area contributed by atoms with Gasteiger partial charge in [0.05, 0.1) is 5.92 Å². The van der Waals surface area contributed by atoms with Gasteiger partial charge in [-0.15, -0.1) is 0 Å². The van der Waals surface area contributed by atoms with Crippen LogP contribution in [0.2, 0.25) is 0 Å². The van der Waals surface area contributed by atoms with Crippen LogP contribution >= 0.6 is 0 Å². The highest BCUT2D eigenvalue weighted by Crippen LogP contribution is 2.29. The summed E-state index contributed by atoms with van der Waals surface area (Å²) < 4.78 is 15.3. The van der Waals surface area contributed by atoms with Crippen molar-refractivity contribution in [2.45, 2.75) is 40.0 Å². The number of benzene rings is 1. The number of nitrogens with one attached hydrogen (secondary N) is 1. The molecule has 0 unspecified atom stereocenters. The molecule has 0 saturated carbocycles. The molecule has 152 valence electrons. The van der Waals surface area contributed by atoms with E-state index in [1.807, 2.05) is 13.8 Å². The molecule has 8 heteroatoms. The Labute approximate surface area is 169 Å². The standard InChI is InChI=1S/C21H25FN6O/c1-4-17-14(3)25-21-23-12-24-28(21)20(17)27-9-5-6-15(11-27)19(29)26-18-10-16(22)8-7-13(18)2/h7-8,10,12,15H,4-6,9,11H2,1-3H3,(H,26,29)/t15-/m1/s1. The van der Waals surface area contributed by atoms with Gasteiger partial charge in [0.15, 0.2) is 0 Å². The van der Waals surface area contributed by atoms with E-state index in [1.165, 1.54) is 18.5 Å². The van der Waals surface area contributed by atoms with Crippen LogP contribution in [0.25, 0.3) is 5.78 Å². The van der Waals surface area contributed by atoms with Gasteiger partial charge in [0.25, 0.3) is 5.78 Å². The molecule has 1 aliphatic heterocycles. The lowest BCUT2D eigenvalue weighted by Crippen LogP contribution is -2.42. The van der Waals surface area contributed by atoms with Crippen LogP contribution in [0.5, 0.6) is 0 Å². The lowest BCUT2D eigenvalue weighted by molar-refractivity contribution is -0.120. The second-order valence-corrected chi connectivity index (χ2v) is 7.56. The summed E-state index contributed by atoms with van der Waals surface area (Å²) in [6.07, 6.45) is 4.01. The fourth-order valence-corrected chi connectivity index (χ4v) is 4.05. The average molecular weight is 396 g/mol. The van der Waals surface area contributed by atoms with Crippen LogP contribution in [-0.4, -0.2) is 38.6 Å². The first-order chi connectivity index (χ1) is 14.0. The first kappa shape index (κ1) is 19.3. The third kappa shape index (κ3) is 3.66. The van der Waals surface area contributed by atoms with Crippen molar-refractivity contribution in [2.75, 3.05) is 23.3 Å². The molecule has 0 radical (unpaired) electrons. The van der Waals surface area contributed by atoms with E-state index in [0.717, 1.165) is 48.4 Å². The number of carbonyl (C=O) groups is 1. The molecule has 7 nitrogen and oxygen atoms in total. The van der Waals surface area contributed by atoms with Gasteiger partial charge in [-0.05, 0) is 50.8 Å². The van der Waals surface area contributed by atoms with Crippen molar-refractivity contribution in [2.24, 2.45) is 5.92 Å². The molecule has 0 spiro atoms. The zero-order chi connectivity index (χ0) is 20.5. The van der Waals surface area contributed by atoms with Gasteiger partial charge in [-0.25, -0.2) is 9.37 Å². The van der Waals surface area contributed by atoms with E-state index in [9.17, 15) is 9.18 Å². The van der Waals surface area contributed by atoms with Crippen LogP contribution in [0.3, 0.4) is 0 Å². The highest BCUT2D eigenvalue weighted by atomic mass is 19.1. The Bertz CT molecular complexity index is 1060. The summed E-state index contributed by atoms with van der Waals surface area (Å²) in [5.41, 5.74) is 3.42. The Morgan fingerprint density at radius 2 is 2.17 bits per heavy atom. The maximum absolute atomic E-state index is 13.6. The first-order valence-electron chi connectivity index (χ1n) is 9.99. The fraction of sp³-hybridized carbons (Fsp3) is 0.429. The molecule has 1 N–H and O–H groups in total. The van der Waals surface area contributed by atoms with Gasteiger partial charge >= 0.3 is 0 Å². The van der Waals surface area contributed by atoms with E-state index in [2.05, 4.69) is 32.2 Å². The lowest BCUT2D eigenvalue weighted by atomic mass is 9.96. The average Bonchev–Trinajstić information content (AvgIpc) is 3.17. The second-order valence-electron chi connectivity index (χ2n) is 7.56. The summed E-state index contributed by atoms with van der Waals surface area (Å²) in [7, 11) is 0. The zero-order valence-electron chi connectivity index (χ0n) is 16.9. The molecule has 1 atom stereocenters. The molecule has 0 aliphatic carbocycles. The molecule has 3 heterocycles. The molecular weight excluding hydrogens is 371 g/mol. The Morgan fingerprint density at radius 1 is 1.34 bits per heavy atom. The van der Waals surface area contributed by atoms with Crippen LogP contribution < -0.4 is 10.2 Å². The van der Waals surface area contributed by atoms with Gasteiger partial charge in [0.1, 0.15) is 18.0 Å². The minimum Gasteiger partial charge on any atom is -0.355 e. The predicted molar refractivity (Wildman–Crippen MR) is 110 cm³/mol. The number of piperidine rings is 1. The van der Waals surface area contributed by atoms with E-state index in [-0.39, 0.29) is 17.6 Å². The number of hydrogen-bond donors (Lipinski definition) is 1. The smallest absolute Gasteiger partial charge is 0.254 e. The molecule has 4 rings (SSSR count). The number of nitrogens with zero attached hydrogens (tertiary/aromatic N) is 5. The third-order valence-corrected chi connectivity index (χ3v) is 5.61. The number of rotatable bonds is 4. The van der Waals surface area contributed by atoms with Crippen molar-refractivity contribution in [1.82, 2.24) is 19.6 Å². The molecule has 3 aromatic rings. The van der Waals surface area contributed by atoms with Gasteiger partial charge < -0.3 is 10.2 Å². The van der Waals surface area contributed by atoms with Crippen molar-refractivity contribution in [3.63, 3.8) is 0 Å². The molecule has 0 bridgehead atoms. The monoisotopic (exact) mass is 396 g/mol. The number of aromatic nitrogens is 4. The van der Waals surface area contributed by atoms with Crippen molar-refractivity contribution in [1.29, 1.82) is 0 Å². The minimum atomic E-state index is -0.357. The van der Waals surface area contributed by atoms with Crippen LogP contribution in [0, 0.1) is 25.6 Å². The summed E-state index contributed by atoms with van der Waals surface area (Å²) in [6.45, 7) is 7.35. The fourth-order valence-electron chi connectivity index (χ4n) is 4.05. The minimum absolute atomic E-state index is 0.0814. The largest absolute Gasteiger partial charge is 0.355 e. The topological polar surface area (TPSA) is 75.4 Å². The molecule has 1 fully saturated rings. The van der Waals surface area contributed by atoms with Crippen molar-refractivity contribution in [3.05, 3.63) is 47.2 Å². The van der Waals surface area contributed by atoms with Crippen molar-refractivity contribution < 1.29 is 9.18 Å². The molecule has 29 heavy (non-hydrogen) atoms. The zero-order valence-corrected chi connectivity index (χ0v) is 16.9. The van der Waals surface area contributed by atoms with Gasteiger partial charge in [-0.1, -0.05) is 13.0 Å².